The summed E-state index contributed by atoms with van der Waals surface area (Å²) in [5.41, 5.74) is -0.0629. The van der Waals surface area contributed by atoms with Gasteiger partial charge in [0.25, 0.3) is 0 Å². The Morgan fingerprint density at radius 3 is 2.50 bits per heavy atom. The Morgan fingerprint density at radius 1 is 1.15 bits per heavy atom. The minimum Gasteiger partial charge on any atom is -0.406 e. The highest BCUT2D eigenvalue weighted by Crippen LogP contribution is 2.27. The third kappa shape index (κ3) is 4.68. The quantitative estimate of drug-likeness (QED) is 0.930. The van der Waals surface area contributed by atoms with Crippen molar-refractivity contribution < 1.29 is 27.8 Å². The summed E-state index contributed by atoms with van der Waals surface area (Å²) in [7, 11) is 0. The summed E-state index contributed by atoms with van der Waals surface area (Å²) in [4.78, 5) is 0. The molecule has 0 bridgehead atoms. The van der Waals surface area contributed by atoms with Crippen LogP contribution in [0.4, 0.5) is 13.2 Å². The molecule has 1 saturated heterocycles. The van der Waals surface area contributed by atoms with Gasteiger partial charge in [-0.05, 0) is 37.0 Å². The molecule has 20 heavy (non-hydrogen) atoms. The van der Waals surface area contributed by atoms with E-state index in [4.69, 9.17) is 4.74 Å². The first-order valence-corrected chi connectivity index (χ1v) is 6.51. The number of hydrogen-bond acceptors (Lipinski definition) is 3. The van der Waals surface area contributed by atoms with Gasteiger partial charge in [0.2, 0.25) is 0 Å². The molecule has 1 aliphatic heterocycles. The zero-order chi connectivity index (χ0) is 14.6. The molecule has 1 fully saturated rings. The molecule has 1 unspecified atom stereocenters. The molecule has 2 rings (SSSR count). The van der Waals surface area contributed by atoms with Crippen molar-refractivity contribution in [3.05, 3.63) is 29.8 Å². The molecule has 0 aliphatic carbocycles. The molecule has 0 spiro atoms. The van der Waals surface area contributed by atoms with Gasteiger partial charge in [-0.3, -0.25) is 0 Å². The zero-order valence-corrected chi connectivity index (χ0v) is 10.9. The maximum absolute atomic E-state index is 12.0. The molecule has 1 aromatic rings. The molecule has 0 amide bonds. The predicted octanol–water partition coefficient (Wildman–Crippen LogP) is 3.06. The second-order valence-corrected chi connectivity index (χ2v) is 5.06. The molecule has 1 N–H and O–H groups in total. The van der Waals surface area contributed by atoms with Crippen molar-refractivity contribution in [2.24, 2.45) is 0 Å². The van der Waals surface area contributed by atoms with Crippen LogP contribution >= 0.6 is 0 Å². The summed E-state index contributed by atoms with van der Waals surface area (Å²) in [5, 5.41) is 10.5. The van der Waals surface area contributed by atoms with Crippen LogP contribution in [0.2, 0.25) is 0 Å². The summed E-state index contributed by atoms with van der Waals surface area (Å²) in [5.74, 6) is -0.252. The number of halogens is 3. The first-order valence-electron chi connectivity index (χ1n) is 6.51. The lowest BCUT2D eigenvalue weighted by Gasteiger charge is -2.26. The van der Waals surface area contributed by atoms with Crippen LogP contribution in [0.25, 0.3) is 0 Å². The monoisotopic (exact) mass is 290 g/mol. The molecular formula is C14H17F3O3. The minimum atomic E-state index is -4.68. The minimum absolute atomic E-state index is 0.252. The predicted molar refractivity (Wildman–Crippen MR) is 66.4 cm³/mol. The van der Waals surface area contributed by atoms with Crippen molar-refractivity contribution in [1.82, 2.24) is 0 Å². The molecule has 0 aromatic heterocycles. The van der Waals surface area contributed by atoms with Crippen molar-refractivity contribution >= 4 is 0 Å². The summed E-state index contributed by atoms with van der Waals surface area (Å²) in [6.07, 6.45) is -2.33. The maximum Gasteiger partial charge on any atom is 0.573 e. The Bertz CT molecular complexity index is 420. The number of ether oxygens (including phenoxy) is 2. The first-order chi connectivity index (χ1) is 9.36. The van der Waals surface area contributed by atoms with Crippen LogP contribution < -0.4 is 4.74 Å². The lowest BCUT2D eigenvalue weighted by Crippen LogP contribution is -2.31. The highest BCUT2D eigenvalue weighted by molar-refractivity contribution is 5.28. The van der Waals surface area contributed by atoms with Crippen LogP contribution in [0.1, 0.15) is 24.8 Å². The van der Waals surface area contributed by atoms with E-state index in [1.807, 2.05) is 0 Å². The van der Waals surface area contributed by atoms with Gasteiger partial charge in [0, 0.05) is 19.6 Å². The van der Waals surface area contributed by atoms with Gasteiger partial charge >= 0.3 is 6.36 Å². The molecule has 3 nitrogen and oxygen atoms in total. The normalized spacial score (nSPS) is 24.2. The van der Waals surface area contributed by atoms with Gasteiger partial charge in [0.1, 0.15) is 5.75 Å². The van der Waals surface area contributed by atoms with Crippen molar-refractivity contribution in [3.8, 4) is 5.75 Å². The third-order valence-electron chi connectivity index (χ3n) is 3.33. The number of hydrogen-bond donors (Lipinski definition) is 1. The van der Waals surface area contributed by atoms with E-state index >= 15 is 0 Å². The second-order valence-electron chi connectivity index (χ2n) is 5.06. The van der Waals surface area contributed by atoms with Gasteiger partial charge in [-0.25, -0.2) is 0 Å². The lowest BCUT2D eigenvalue weighted by molar-refractivity contribution is -0.274. The van der Waals surface area contributed by atoms with E-state index in [0.29, 0.717) is 32.5 Å². The molecule has 1 heterocycles. The molecular weight excluding hydrogens is 273 g/mol. The SMILES string of the molecule is OC1(Cc2ccc(OC(F)(F)F)cc2)CCCOCC1. The molecule has 1 aliphatic rings. The zero-order valence-electron chi connectivity index (χ0n) is 10.9. The fourth-order valence-electron chi connectivity index (χ4n) is 2.36. The Labute approximate surface area is 115 Å². The molecule has 1 atom stereocenters. The molecule has 0 radical (unpaired) electrons. The van der Waals surface area contributed by atoms with Crippen molar-refractivity contribution in [3.63, 3.8) is 0 Å². The Morgan fingerprint density at radius 2 is 1.85 bits per heavy atom. The molecule has 0 saturated carbocycles. The van der Waals surface area contributed by atoms with E-state index in [0.717, 1.165) is 12.0 Å². The van der Waals surface area contributed by atoms with Crippen molar-refractivity contribution in [2.75, 3.05) is 13.2 Å². The van der Waals surface area contributed by atoms with Gasteiger partial charge < -0.3 is 14.6 Å². The fourth-order valence-corrected chi connectivity index (χ4v) is 2.36. The van der Waals surface area contributed by atoms with Gasteiger partial charge in [0.15, 0.2) is 0 Å². The lowest BCUT2D eigenvalue weighted by atomic mass is 9.88. The Balaban J connectivity index is 1.99. The van der Waals surface area contributed by atoms with Crippen molar-refractivity contribution in [2.45, 2.75) is 37.6 Å². The van der Waals surface area contributed by atoms with Crippen LogP contribution in [0.5, 0.6) is 5.75 Å². The molecule has 112 valence electrons. The summed E-state index contributed by atoms with van der Waals surface area (Å²) in [6, 6.07) is 5.62. The topological polar surface area (TPSA) is 38.7 Å². The number of alkyl halides is 3. The standard InChI is InChI=1S/C14H17F3O3/c15-14(16,17)20-12-4-2-11(3-5-12)10-13(18)6-1-8-19-9-7-13/h2-5,18H,1,6-10H2. The van der Waals surface area contributed by atoms with Crippen LogP contribution in [0.15, 0.2) is 24.3 Å². The van der Waals surface area contributed by atoms with Gasteiger partial charge in [-0.15, -0.1) is 13.2 Å². The van der Waals surface area contributed by atoms with E-state index < -0.39 is 12.0 Å². The smallest absolute Gasteiger partial charge is 0.406 e. The molecule has 6 heteroatoms. The Kier molecular flexibility index (Phi) is 4.55. The fraction of sp³-hybridized carbons (Fsp3) is 0.571. The average molecular weight is 290 g/mol. The van der Waals surface area contributed by atoms with E-state index in [2.05, 4.69) is 4.74 Å². The highest BCUT2D eigenvalue weighted by Gasteiger charge is 2.31. The molecule has 1 aromatic carbocycles. The number of rotatable bonds is 3. The van der Waals surface area contributed by atoms with E-state index in [9.17, 15) is 18.3 Å². The number of benzene rings is 1. The summed E-state index contributed by atoms with van der Waals surface area (Å²) >= 11 is 0. The summed E-state index contributed by atoms with van der Waals surface area (Å²) < 4.78 is 45.2. The second kappa shape index (κ2) is 6.01. The third-order valence-corrected chi connectivity index (χ3v) is 3.33. The van der Waals surface area contributed by atoms with Gasteiger partial charge in [-0.2, -0.15) is 0 Å². The van der Waals surface area contributed by atoms with Crippen LogP contribution in [-0.2, 0) is 11.2 Å². The van der Waals surface area contributed by atoms with E-state index in [-0.39, 0.29) is 5.75 Å². The first kappa shape index (κ1) is 15.1. The van der Waals surface area contributed by atoms with Gasteiger partial charge in [-0.1, -0.05) is 12.1 Å². The Hall–Kier alpha value is -1.27. The highest BCUT2D eigenvalue weighted by atomic mass is 19.4. The van der Waals surface area contributed by atoms with Crippen LogP contribution in [0.3, 0.4) is 0 Å². The number of aliphatic hydroxyl groups is 1. The maximum atomic E-state index is 12.0. The van der Waals surface area contributed by atoms with Crippen molar-refractivity contribution in [1.29, 1.82) is 0 Å². The van der Waals surface area contributed by atoms with Gasteiger partial charge in [0.05, 0.1) is 5.60 Å². The largest absolute Gasteiger partial charge is 0.573 e. The van der Waals surface area contributed by atoms with E-state index in [1.165, 1.54) is 12.1 Å². The summed E-state index contributed by atoms with van der Waals surface area (Å²) in [6.45, 7) is 1.15. The van der Waals surface area contributed by atoms with Crippen LogP contribution in [-0.4, -0.2) is 30.3 Å². The van der Waals surface area contributed by atoms with E-state index in [1.54, 1.807) is 12.1 Å². The average Bonchev–Trinajstić information content (AvgIpc) is 2.55. The van der Waals surface area contributed by atoms with Crippen LogP contribution in [0, 0.1) is 0 Å².